The third-order valence-corrected chi connectivity index (χ3v) is 4.85. The normalized spacial score (nSPS) is 14.9. The van der Waals surface area contributed by atoms with E-state index in [4.69, 9.17) is 5.26 Å². The highest BCUT2D eigenvalue weighted by Crippen LogP contribution is 2.24. The van der Waals surface area contributed by atoms with E-state index in [2.05, 4.69) is 20.1 Å². The number of aliphatic imine (C=N–C) groups is 1. The molecular weight excluding hydrogens is 349 g/mol. The van der Waals surface area contributed by atoms with Gasteiger partial charge in [-0.3, -0.25) is 5.32 Å². The van der Waals surface area contributed by atoms with Crippen molar-refractivity contribution in [2.45, 2.75) is 0 Å². The average molecular weight is 369 g/mol. The van der Waals surface area contributed by atoms with Gasteiger partial charge in [-0.2, -0.15) is 5.26 Å². The summed E-state index contributed by atoms with van der Waals surface area (Å²) in [6.07, 6.45) is 3.75. The number of rotatable bonds is 3. The molecule has 0 saturated carbocycles. The highest BCUT2D eigenvalue weighted by Gasteiger charge is 2.19. The SMILES string of the molecule is CSC(=Nc1ccc(N2CCN(c3ccccc3F)CC2)cc1)NC#N. The third kappa shape index (κ3) is 4.27. The van der Waals surface area contributed by atoms with Gasteiger partial charge in [-0.05, 0) is 42.7 Å². The molecule has 2 aromatic carbocycles. The van der Waals surface area contributed by atoms with E-state index in [1.807, 2.05) is 48.8 Å². The first kappa shape index (κ1) is 18.1. The number of thioether (sulfide) groups is 1. The van der Waals surface area contributed by atoms with Crippen molar-refractivity contribution in [1.29, 1.82) is 5.26 Å². The second-order valence-electron chi connectivity index (χ2n) is 5.80. The van der Waals surface area contributed by atoms with Crippen LogP contribution >= 0.6 is 11.8 Å². The van der Waals surface area contributed by atoms with Crippen molar-refractivity contribution >= 4 is 34.0 Å². The quantitative estimate of drug-likeness (QED) is 0.388. The van der Waals surface area contributed by atoms with Gasteiger partial charge in [-0.25, -0.2) is 9.38 Å². The van der Waals surface area contributed by atoms with Crippen molar-refractivity contribution in [1.82, 2.24) is 5.32 Å². The molecule has 3 rings (SSSR count). The summed E-state index contributed by atoms with van der Waals surface area (Å²) in [6.45, 7) is 3.24. The molecule has 0 radical (unpaired) electrons. The molecule has 1 fully saturated rings. The number of nitrogens with zero attached hydrogens (tertiary/aromatic N) is 4. The summed E-state index contributed by atoms with van der Waals surface area (Å²) in [5.74, 6) is -0.168. The van der Waals surface area contributed by atoms with E-state index in [0.29, 0.717) is 10.9 Å². The van der Waals surface area contributed by atoms with Crippen LogP contribution in [0.25, 0.3) is 0 Å². The van der Waals surface area contributed by atoms with Gasteiger partial charge in [0.2, 0.25) is 0 Å². The maximum absolute atomic E-state index is 13.9. The number of para-hydroxylation sites is 1. The maximum Gasteiger partial charge on any atom is 0.183 e. The van der Waals surface area contributed by atoms with E-state index in [0.717, 1.165) is 37.6 Å². The summed E-state index contributed by atoms with van der Waals surface area (Å²) in [5, 5.41) is 11.8. The summed E-state index contributed by atoms with van der Waals surface area (Å²) in [4.78, 5) is 8.76. The van der Waals surface area contributed by atoms with Crippen molar-refractivity contribution < 1.29 is 4.39 Å². The Hall–Kier alpha value is -2.72. The first-order chi connectivity index (χ1) is 12.7. The molecule has 0 aliphatic carbocycles. The molecule has 134 valence electrons. The Morgan fingerprint density at radius 3 is 2.35 bits per heavy atom. The third-order valence-electron chi connectivity index (χ3n) is 4.27. The van der Waals surface area contributed by atoms with Crippen LogP contribution in [0.3, 0.4) is 0 Å². The molecule has 0 spiro atoms. The monoisotopic (exact) mass is 369 g/mol. The minimum atomic E-state index is -0.168. The minimum Gasteiger partial charge on any atom is -0.368 e. The highest BCUT2D eigenvalue weighted by atomic mass is 32.2. The van der Waals surface area contributed by atoms with Crippen molar-refractivity contribution in [2.75, 3.05) is 42.2 Å². The Bertz CT molecular complexity index is 807. The van der Waals surface area contributed by atoms with Crippen molar-refractivity contribution in [3.63, 3.8) is 0 Å². The number of nitriles is 1. The van der Waals surface area contributed by atoms with Crippen molar-refractivity contribution in [2.24, 2.45) is 4.99 Å². The zero-order valence-corrected chi connectivity index (χ0v) is 15.3. The largest absolute Gasteiger partial charge is 0.368 e. The second-order valence-corrected chi connectivity index (χ2v) is 6.59. The zero-order chi connectivity index (χ0) is 18.4. The molecule has 1 aliphatic rings. The molecule has 0 bridgehead atoms. The van der Waals surface area contributed by atoms with E-state index in [-0.39, 0.29) is 5.82 Å². The molecule has 26 heavy (non-hydrogen) atoms. The Morgan fingerprint density at radius 1 is 1.08 bits per heavy atom. The zero-order valence-electron chi connectivity index (χ0n) is 14.5. The lowest BCUT2D eigenvalue weighted by molar-refractivity contribution is 0.598. The molecule has 0 unspecified atom stereocenters. The van der Waals surface area contributed by atoms with Crippen LogP contribution in [-0.4, -0.2) is 37.6 Å². The van der Waals surface area contributed by atoms with Gasteiger partial charge in [0.15, 0.2) is 11.4 Å². The molecule has 1 heterocycles. The maximum atomic E-state index is 13.9. The second kappa shape index (κ2) is 8.59. The van der Waals surface area contributed by atoms with Crippen LogP contribution in [0, 0.1) is 17.3 Å². The Balaban J connectivity index is 1.63. The molecule has 1 saturated heterocycles. The number of nitrogens with one attached hydrogen (secondary N) is 1. The summed E-state index contributed by atoms with van der Waals surface area (Å²) in [5.41, 5.74) is 2.59. The van der Waals surface area contributed by atoms with Crippen molar-refractivity contribution in [3.05, 3.63) is 54.3 Å². The number of amidine groups is 1. The van der Waals surface area contributed by atoms with Crippen LogP contribution < -0.4 is 15.1 Å². The van der Waals surface area contributed by atoms with E-state index >= 15 is 0 Å². The van der Waals surface area contributed by atoms with Crippen LogP contribution in [-0.2, 0) is 0 Å². The molecule has 2 aromatic rings. The fourth-order valence-corrected chi connectivity index (χ4v) is 3.29. The van der Waals surface area contributed by atoms with Crippen LogP contribution in [0.15, 0.2) is 53.5 Å². The molecule has 5 nitrogen and oxygen atoms in total. The standard InChI is InChI=1S/C19H20FN5S/c1-26-19(22-14-21)23-15-6-8-16(9-7-15)24-10-12-25(13-11-24)18-5-3-2-4-17(18)20/h2-9H,10-13H2,1H3,(H,22,23). The van der Waals surface area contributed by atoms with Gasteiger partial charge in [0.25, 0.3) is 0 Å². The van der Waals surface area contributed by atoms with E-state index < -0.39 is 0 Å². The Labute approximate surface area is 157 Å². The summed E-state index contributed by atoms with van der Waals surface area (Å²) < 4.78 is 13.9. The van der Waals surface area contributed by atoms with Crippen LogP contribution in [0.2, 0.25) is 0 Å². The molecule has 0 aromatic heterocycles. The molecule has 7 heteroatoms. The number of hydrogen-bond donors (Lipinski definition) is 1. The van der Waals surface area contributed by atoms with E-state index in [9.17, 15) is 4.39 Å². The van der Waals surface area contributed by atoms with Crippen molar-refractivity contribution in [3.8, 4) is 6.19 Å². The highest BCUT2D eigenvalue weighted by molar-refractivity contribution is 8.13. The number of benzene rings is 2. The van der Waals surface area contributed by atoms with Gasteiger partial charge in [-0.15, -0.1) is 0 Å². The lowest BCUT2D eigenvalue weighted by atomic mass is 10.2. The molecule has 1 N–H and O–H groups in total. The Kier molecular flexibility index (Phi) is 5.97. The fraction of sp³-hybridized carbons (Fsp3) is 0.263. The summed E-state index contributed by atoms with van der Waals surface area (Å²) in [6, 6.07) is 14.9. The molecule has 1 aliphatic heterocycles. The van der Waals surface area contributed by atoms with Gasteiger partial charge < -0.3 is 9.80 Å². The van der Waals surface area contributed by atoms with Gasteiger partial charge in [0, 0.05) is 31.9 Å². The predicted octanol–water partition coefficient (Wildman–Crippen LogP) is 3.57. The first-order valence-electron chi connectivity index (χ1n) is 8.33. The number of anilines is 2. The molecule has 0 atom stereocenters. The minimum absolute atomic E-state index is 0.168. The van der Waals surface area contributed by atoms with Crippen LogP contribution in [0.5, 0.6) is 0 Å². The smallest absolute Gasteiger partial charge is 0.183 e. The number of hydrogen-bond acceptors (Lipinski definition) is 5. The lowest BCUT2D eigenvalue weighted by Crippen LogP contribution is -2.46. The van der Waals surface area contributed by atoms with Gasteiger partial charge in [-0.1, -0.05) is 23.9 Å². The van der Waals surface area contributed by atoms with E-state index in [1.165, 1.54) is 17.8 Å². The number of halogens is 1. The van der Waals surface area contributed by atoms with Crippen LogP contribution in [0.4, 0.5) is 21.5 Å². The Morgan fingerprint density at radius 2 is 1.73 bits per heavy atom. The average Bonchev–Trinajstić information content (AvgIpc) is 2.69. The van der Waals surface area contributed by atoms with Gasteiger partial charge in [0.1, 0.15) is 5.82 Å². The molecular formula is C19H20FN5S. The van der Waals surface area contributed by atoms with Crippen LogP contribution in [0.1, 0.15) is 0 Å². The summed E-state index contributed by atoms with van der Waals surface area (Å²) in [7, 11) is 0. The fourth-order valence-electron chi connectivity index (χ4n) is 2.94. The van der Waals surface area contributed by atoms with Gasteiger partial charge >= 0.3 is 0 Å². The lowest BCUT2D eigenvalue weighted by Gasteiger charge is -2.37. The van der Waals surface area contributed by atoms with Gasteiger partial charge in [0.05, 0.1) is 11.4 Å². The van der Waals surface area contributed by atoms with E-state index in [1.54, 1.807) is 6.07 Å². The molecule has 0 amide bonds. The number of piperazine rings is 1. The first-order valence-corrected chi connectivity index (χ1v) is 9.56. The topological polar surface area (TPSA) is 54.7 Å². The summed E-state index contributed by atoms with van der Waals surface area (Å²) >= 11 is 1.39. The predicted molar refractivity (Wildman–Crippen MR) is 107 cm³/mol.